The van der Waals surface area contributed by atoms with Crippen LogP contribution in [0.15, 0.2) is 48.5 Å². The van der Waals surface area contributed by atoms with Crippen LogP contribution in [0.25, 0.3) is 0 Å². The van der Waals surface area contributed by atoms with E-state index in [4.69, 9.17) is 9.47 Å². The minimum absolute atomic E-state index is 0.0483. The van der Waals surface area contributed by atoms with Crippen molar-refractivity contribution in [3.8, 4) is 11.5 Å². The van der Waals surface area contributed by atoms with Crippen molar-refractivity contribution in [2.45, 2.75) is 56.5 Å². The highest BCUT2D eigenvalue weighted by molar-refractivity contribution is 5.39. The molecule has 3 nitrogen and oxygen atoms in total. The molecule has 0 aliphatic heterocycles. The van der Waals surface area contributed by atoms with Gasteiger partial charge in [0.15, 0.2) is 0 Å². The van der Waals surface area contributed by atoms with Crippen molar-refractivity contribution in [3.63, 3.8) is 0 Å². The highest BCUT2D eigenvalue weighted by Crippen LogP contribution is 2.51. The molecule has 2 aromatic carbocycles. The summed E-state index contributed by atoms with van der Waals surface area (Å²) in [5, 5.41) is 10.5. The van der Waals surface area contributed by atoms with Crippen LogP contribution in [-0.2, 0) is 5.41 Å². The SMILES string of the molecule is CCC(c1ccc(OC)cc1)C1(c2ccc(OC)cc2)CCCC(O)C1. The molecule has 1 fully saturated rings. The zero-order valence-electron chi connectivity index (χ0n) is 16.1. The third kappa shape index (κ3) is 3.59. The van der Waals surface area contributed by atoms with Crippen molar-refractivity contribution < 1.29 is 14.6 Å². The highest BCUT2D eigenvalue weighted by Gasteiger charge is 2.43. The molecule has 1 aliphatic carbocycles. The number of aliphatic hydroxyl groups excluding tert-OH is 1. The third-order valence-electron chi connectivity index (χ3n) is 6.02. The van der Waals surface area contributed by atoms with E-state index in [2.05, 4.69) is 31.2 Å². The maximum absolute atomic E-state index is 10.5. The summed E-state index contributed by atoms with van der Waals surface area (Å²) in [6, 6.07) is 16.9. The molecule has 3 atom stereocenters. The lowest BCUT2D eigenvalue weighted by Gasteiger charge is -2.46. The number of hydrogen-bond donors (Lipinski definition) is 1. The van der Waals surface area contributed by atoms with Crippen LogP contribution in [0.4, 0.5) is 0 Å². The van der Waals surface area contributed by atoms with E-state index in [1.165, 1.54) is 11.1 Å². The average Bonchev–Trinajstić information content (AvgIpc) is 2.69. The van der Waals surface area contributed by atoms with E-state index in [9.17, 15) is 5.11 Å². The molecule has 0 spiro atoms. The predicted molar refractivity (Wildman–Crippen MR) is 105 cm³/mol. The Labute approximate surface area is 157 Å². The van der Waals surface area contributed by atoms with Crippen LogP contribution < -0.4 is 9.47 Å². The maximum Gasteiger partial charge on any atom is 0.118 e. The fourth-order valence-electron chi connectivity index (χ4n) is 4.76. The Kier molecular flexibility index (Phi) is 5.87. The van der Waals surface area contributed by atoms with Gasteiger partial charge in [0, 0.05) is 5.41 Å². The highest BCUT2D eigenvalue weighted by atomic mass is 16.5. The number of ether oxygens (including phenoxy) is 2. The van der Waals surface area contributed by atoms with Crippen molar-refractivity contribution in [1.82, 2.24) is 0 Å². The largest absolute Gasteiger partial charge is 0.497 e. The molecule has 0 saturated heterocycles. The van der Waals surface area contributed by atoms with Gasteiger partial charge in [0.1, 0.15) is 11.5 Å². The molecule has 3 unspecified atom stereocenters. The molecule has 0 bridgehead atoms. The van der Waals surface area contributed by atoms with E-state index in [0.717, 1.165) is 43.6 Å². The molecule has 1 N–H and O–H groups in total. The van der Waals surface area contributed by atoms with E-state index in [1.807, 2.05) is 24.3 Å². The molecule has 1 saturated carbocycles. The summed E-state index contributed by atoms with van der Waals surface area (Å²) in [6.07, 6.45) is 4.66. The normalized spacial score (nSPS) is 24.1. The van der Waals surface area contributed by atoms with Gasteiger partial charge in [0.2, 0.25) is 0 Å². The first kappa shape index (κ1) is 18.8. The van der Waals surface area contributed by atoms with Crippen LogP contribution in [0.3, 0.4) is 0 Å². The molecule has 3 heteroatoms. The first-order valence-corrected chi connectivity index (χ1v) is 9.59. The third-order valence-corrected chi connectivity index (χ3v) is 6.02. The lowest BCUT2D eigenvalue weighted by Crippen LogP contribution is -2.40. The Morgan fingerprint density at radius 2 is 1.58 bits per heavy atom. The smallest absolute Gasteiger partial charge is 0.118 e. The van der Waals surface area contributed by atoms with Gasteiger partial charge in [-0.15, -0.1) is 0 Å². The summed E-state index contributed by atoms with van der Waals surface area (Å²) < 4.78 is 10.7. The summed E-state index contributed by atoms with van der Waals surface area (Å²) in [6.45, 7) is 2.25. The molecule has 26 heavy (non-hydrogen) atoms. The van der Waals surface area contributed by atoms with E-state index >= 15 is 0 Å². The van der Waals surface area contributed by atoms with Crippen LogP contribution in [-0.4, -0.2) is 25.4 Å². The first-order valence-electron chi connectivity index (χ1n) is 9.59. The van der Waals surface area contributed by atoms with Gasteiger partial charge in [-0.05, 0) is 73.4 Å². The van der Waals surface area contributed by atoms with Crippen LogP contribution in [0.2, 0.25) is 0 Å². The summed E-state index contributed by atoms with van der Waals surface area (Å²) in [7, 11) is 3.39. The number of aliphatic hydroxyl groups is 1. The second-order valence-electron chi connectivity index (χ2n) is 7.37. The van der Waals surface area contributed by atoms with Gasteiger partial charge in [-0.3, -0.25) is 0 Å². The minimum atomic E-state index is -0.238. The quantitative estimate of drug-likeness (QED) is 0.787. The zero-order chi connectivity index (χ0) is 18.6. The molecule has 1 aliphatic rings. The fourth-order valence-corrected chi connectivity index (χ4v) is 4.76. The minimum Gasteiger partial charge on any atom is -0.497 e. The topological polar surface area (TPSA) is 38.7 Å². The first-order chi connectivity index (χ1) is 12.6. The van der Waals surface area contributed by atoms with Crippen LogP contribution in [0, 0.1) is 0 Å². The van der Waals surface area contributed by atoms with Crippen molar-refractivity contribution in [3.05, 3.63) is 59.7 Å². The second kappa shape index (κ2) is 8.13. The molecular formula is C23H30O3. The maximum atomic E-state index is 10.5. The molecule has 0 aromatic heterocycles. The molecule has 0 heterocycles. The number of hydrogen-bond acceptors (Lipinski definition) is 3. The molecule has 2 aromatic rings. The standard InChI is InChI=1S/C23H30O3/c1-4-22(17-7-11-20(25-2)12-8-17)23(15-5-6-19(24)16-23)18-9-13-21(26-3)14-10-18/h7-14,19,22,24H,4-6,15-16H2,1-3H3. The van der Waals surface area contributed by atoms with E-state index < -0.39 is 0 Å². The molecular weight excluding hydrogens is 324 g/mol. The predicted octanol–water partition coefficient (Wildman–Crippen LogP) is 5.07. The average molecular weight is 354 g/mol. The van der Waals surface area contributed by atoms with Crippen molar-refractivity contribution in [2.24, 2.45) is 0 Å². The molecule has 0 radical (unpaired) electrons. The van der Waals surface area contributed by atoms with Crippen LogP contribution in [0.1, 0.15) is 56.1 Å². The molecule has 3 rings (SSSR count). The van der Waals surface area contributed by atoms with Gasteiger partial charge >= 0.3 is 0 Å². The van der Waals surface area contributed by atoms with Gasteiger partial charge in [0.05, 0.1) is 20.3 Å². The number of benzene rings is 2. The van der Waals surface area contributed by atoms with Gasteiger partial charge in [-0.1, -0.05) is 31.2 Å². The summed E-state index contributed by atoms with van der Waals surface area (Å²) >= 11 is 0. The Hall–Kier alpha value is -2.00. The van der Waals surface area contributed by atoms with E-state index in [-0.39, 0.29) is 11.5 Å². The van der Waals surface area contributed by atoms with Crippen molar-refractivity contribution >= 4 is 0 Å². The Morgan fingerprint density at radius 3 is 2.08 bits per heavy atom. The molecule has 140 valence electrons. The zero-order valence-corrected chi connectivity index (χ0v) is 16.1. The number of rotatable bonds is 6. The lowest BCUT2D eigenvalue weighted by molar-refractivity contribution is 0.0711. The Balaban J connectivity index is 2.05. The lowest BCUT2D eigenvalue weighted by atomic mass is 9.59. The van der Waals surface area contributed by atoms with Crippen LogP contribution >= 0.6 is 0 Å². The van der Waals surface area contributed by atoms with Crippen molar-refractivity contribution in [1.29, 1.82) is 0 Å². The van der Waals surface area contributed by atoms with E-state index in [0.29, 0.717) is 5.92 Å². The summed E-state index contributed by atoms with van der Waals surface area (Å²) in [4.78, 5) is 0. The summed E-state index contributed by atoms with van der Waals surface area (Å²) in [5.41, 5.74) is 2.57. The fraction of sp³-hybridized carbons (Fsp3) is 0.478. The molecule has 0 amide bonds. The number of methoxy groups -OCH3 is 2. The second-order valence-corrected chi connectivity index (χ2v) is 7.37. The Bertz CT molecular complexity index is 692. The van der Waals surface area contributed by atoms with Gasteiger partial charge in [-0.2, -0.15) is 0 Å². The Morgan fingerprint density at radius 1 is 1.00 bits per heavy atom. The van der Waals surface area contributed by atoms with Gasteiger partial charge in [0.25, 0.3) is 0 Å². The van der Waals surface area contributed by atoms with Gasteiger partial charge in [-0.25, -0.2) is 0 Å². The summed E-state index contributed by atoms with van der Waals surface area (Å²) in [5.74, 6) is 2.11. The van der Waals surface area contributed by atoms with Gasteiger partial charge < -0.3 is 14.6 Å². The monoisotopic (exact) mass is 354 g/mol. The van der Waals surface area contributed by atoms with Crippen molar-refractivity contribution in [2.75, 3.05) is 14.2 Å². The van der Waals surface area contributed by atoms with E-state index in [1.54, 1.807) is 14.2 Å². The van der Waals surface area contributed by atoms with Crippen LogP contribution in [0.5, 0.6) is 11.5 Å².